The van der Waals surface area contributed by atoms with Crippen molar-refractivity contribution in [2.24, 2.45) is 0 Å². The minimum atomic E-state index is -0.494. The zero-order valence-electron chi connectivity index (χ0n) is 6.98. The quantitative estimate of drug-likeness (QED) is 0.733. The summed E-state index contributed by atoms with van der Waals surface area (Å²) < 4.78 is 13.6. The average molecular weight is 254 g/mol. The molecule has 0 bridgehead atoms. The lowest BCUT2D eigenvalue weighted by Gasteiger charge is -2.00. The third-order valence-corrected chi connectivity index (χ3v) is 2.21. The maximum absolute atomic E-state index is 13.5. The number of rotatable bonds is 1. The Balaban J connectivity index is 2.58. The standard InChI is InChI=1S/C9H5BrFN3/c10-9-7(11)8(13-5-14-9)6-3-1-2-4-12-6/h1-5H. The van der Waals surface area contributed by atoms with Crippen LogP contribution in [-0.2, 0) is 0 Å². The molecule has 70 valence electrons. The summed E-state index contributed by atoms with van der Waals surface area (Å²) in [6, 6.07) is 5.23. The molecule has 0 aliphatic heterocycles. The molecule has 5 heteroatoms. The summed E-state index contributed by atoms with van der Waals surface area (Å²) in [5.41, 5.74) is 0.695. The average Bonchev–Trinajstić information content (AvgIpc) is 2.23. The first-order valence-corrected chi connectivity index (χ1v) is 4.66. The van der Waals surface area contributed by atoms with Crippen LogP contribution in [0.1, 0.15) is 0 Å². The Morgan fingerprint density at radius 1 is 1.14 bits per heavy atom. The minimum absolute atomic E-state index is 0.146. The van der Waals surface area contributed by atoms with Crippen molar-refractivity contribution in [1.29, 1.82) is 0 Å². The summed E-state index contributed by atoms with van der Waals surface area (Å²) in [5, 5.41) is 0. The van der Waals surface area contributed by atoms with Crippen molar-refractivity contribution in [2.75, 3.05) is 0 Å². The van der Waals surface area contributed by atoms with Gasteiger partial charge >= 0.3 is 0 Å². The van der Waals surface area contributed by atoms with Crippen LogP contribution >= 0.6 is 15.9 Å². The van der Waals surface area contributed by atoms with E-state index in [-0.39, 0.29) is 10.3 Å². The van der Waals surface area contributed by atoms with Crippen molar-refractivity contribution in [3.05, 3.63) is 41.1 Å². The van der Waals surface area contributed by atoms with Gasteiger partial charge in [0.1, 0.15) is 16.6 Å². The van der Waals surface area contributed by atoms with Crippen LogP contribution in [-0.4, -0.2) is 15.0 Å². The monoisotopic (exact) mass is 253 g/mol. The highest BCUT2D eigenvalue weighted by Gasteiger charge is 2.10. The summed E-state index contributed by atoms with van der Waals surface area (Å²) in [4.78, 5) is 11.5. The van der Waals surface area contributed by atoms with E-state index in [4.69, 9.17) is 0 Å². The molecule has 0 fully saturated rings. The summed E-state index contributed by atoms with van der Waals surface area (Å²) in [6.07, 6.45) is 2.88. The van der Waals surface area contributed by atoms with E-state index in [0.29, 0.717) is 5.69 Å². The van der Waals surface area contributed by atoms with E-state index in [1.165, 1.54) is 6.33 Å². The molecule has 0 unspecified atom stereocenters. The fourth-order valence-electron chi connectivity index (χ4n) is 1.03. The van der Waals surface area contributed by atoms with Gasteiger partial charge in [0, 0.05) is 6.20 Å². The first kappa shape index (κ1) is 9.21. The van der Waals surface area contributed by atoms with Crippen molar-refractivity contribution in [3.63, 3.8) is 0 Å². The maximum atomic E-state index is 13.5. The summed E-state index contributed by atoms with van der Waals surface area (Å²) in [6.45, 7) is 0. The van der Waals surface area contributed by atoms with Crippen LogP contribution in [0.15, 0.2) is 35.3 Å². The number of nitrogens with zero attached hydrogens (tertiary/aromatic N) is 3. The van der Waals surface area contributed by atoms with E-state index in [9.17, 15) is 4.39 Å². The lowest BCUT2D eigenvalue weighted by molar-refractivity contribution is 0.608. The van der Waals surface area contributed by atoms with Crippen LogP contribution < -0.4 is 0 Å². The Morgan fingerprint density at radius 2 is 2.00 bits per heavy atom. The van der Waals surface area contributed by atoms with E-state index in [2.05, 4.69) is 30.9 Å². The van der Waals surface area contributed by atoms with Crippen LogP contribution in [0, 0.1) is 5.82 Å². The van der Waals surface area contributed by atoms with E-state index in [1.54, 1.807) is 24.4 Å². The molecule has 0 aliphatic rings. The van der Waals surface area contributed by atoms with Crippen molar-refractivity contribution in [2.45, 2.75) is 0 Å². The topological polar surface area (TPSA) is 38.7 Å². The van der Waals surface area contributed by atoms with Crippen LogP contribution in [0.2, 0.25) is 0 Å². The molecule has 2 rings (SSSR count). The summed E-state index contributed by atoms with van der Waals surface area (Å²) >= 11 is 2.99. The Labute approximate surface area is 88.2 Å². The van der Waals surface area contributed by atoms with Crippen LogP contribution in [0.25, 0.3) is 11.4 Å². The molecule has 0 aromatic carbocycles. The fourth-order valence-corrected chi connectivity index (χ4v) is 1.31. The highest BCUT2D eigenvalue weighted by Crippen LogP contribution is 2.21. The largest absolute Gasteiger partial charge is 0.255 e. The van der Waals surface area contributed by atoms with Gasteiger partial charge in [-0.15, -0.1) is 0 Å². The van der Waals surface area contributed by atoms with Crippen molar-refractivity contribution < 1.29 is 4.39 Å². The second-order valence-electron chi connectivity index (χ2n) is 2.54. The third-order valence-electron chi connectivity index (χ3n) is 1.65. The molecule has 14 heavy (non-hydrogen) atoms. The zero-order chi connectivity index (χ0) is 9.97. The smallest absolute Gasteiger partial charge is 0.183 e. The van der Waals surface area contributed by atoms with Gasteiger partial charge in [0.15, 0.2) is 5.82 Å². The molecule has 2 aromatic heterocycles. The first-order valence-electron chi connectivity index (χ1n) is 3.86. The van der Waals surface area contributed by atoms with Gasteiger partial charge in [-0.3, -0.25) is 4.98 Å². The second-order valence-corrected chi connectivity index (χ2v) is 3.29. The molecular formula is C9H5BrFN3. The molecule has 0 radical (unpaired) electrons. The Bertz CT molecular complexity index is 447. The SMILES string of the molecule is Fc1c(Br)ncnc1-c1ccccn1. The molecule has 2 aromatic rings. The van der Waals surface area contributed by atoms with E-state index < -0.39 is 5.82 Å². The van der Waals surface area contributed by atoms with Gasteiger partial charge in [0.2, 0.25) is 0 Å². The summed E-state index contributed by atoms with van der Waals surface area (Å²) in [5.74, 6) is -0.494. The van der Waals surface area contributed by atoms with Crippen molar-refractivity contribution in [3.8, 4) is 11.4 Å². The van der Waals surface area contributed by atoms with Crippen molar-refractivity contribution in [1.82, 2.24) is 15.0 Å². The molecule has 0 spiro atoms. The molecule has 0 saturated heterocycles. The number of pyridine rings is 1. The van der Waals surface area contributed by atoms with Crippen LogP contribution in [0.5, 0.6) is 0 Å². The molecule has 2 heterocycles. The van der Waals surface area contributed by atoms with Gasteiger partial charge in [-0.2, -0.15) is 0 Å². The molecule has 0 N–H and O–H groups in total. The molecule has 3 nitrogen and oxygen atoms in total. The number of hydrogen-bond acceptors (Lipinski definition) is 3. The van der Waals surface area contributed by atoms with E-state index in [1.807, 2.05) is 0 Å². The highest BCUT2D eigenvalue weighted by molar-refractivity contribution is 9.10. The molecule has 0 atom stereocenters. The lowest BCUT2D eigenvalue weighted by Crippen LogP contribution is -1.94. The van der Waals surface area contributed by atoms with Gasteiger partial charge in [0.05, 0.1) is 5.69 Å². The van der Waals surface area contributed by atoms with Gasteiger partial charge < -0.3 is 0 Å². The van der Waals surface area contributed by atoms with Crippen LogP contribution in [0.3, 0.4) is 0 Å². The van der Waals surface area contributed by atoms with E-state index >= 15 is 0 Å². The van der Waals surface area contributed by atoms with E-state index in [0.717, 1.165) is 0 Å². The predicted molar refractivity (Wildman–Crippen MR) is 52.9 cm³/mol. The first-order chi connectivity index (χ1) is 6.79. The molecule has 0 saturated carbocycles. The van der Waals surface area contributed by atoms with Gasteiger partial charge in [0.25, 0.3) is 0 Å². The molecular weight excluding hydrogens is 249 g/mol. The molecule has 0 aliphatic carbocycles. The van der Waals surface area contributed by atoms with Gasteiger partial charge in [-0.1, -0.05) is 6.07 Å². The highest BCUT2D eigenvalue weighted by atomic mass is 79.9. The van der Waals surface area contributed by atoms with Gasteiger partial charge in [-0.05, 0) is 28.1 Å². The van der Waals surface area contributed by atoms with Gasteiger partial charge in [-0.25, -0.2) is 14.4 Å². The number of hydrogen-bond donors (Lipinski definition) is 0. The minimum Gasteiger partial charge on any atom is -0.255 e. The van der Waals surface area contributed by atoms with Crippen molar-refractivity contribution >= 4 is 15.9 Å². The molecule has 0 amide bonds. The van der Waals surface area contributed by atoms with Crippen LogP contribution in [0.4, 0.5) is 4.39 Å². The Morgan fingerprint density at radius 3 is 2.71 bits per heavy atom. The summed E-state index contributed by atoms with van der Waals surface area (Å²) in [7, 11) is 0. The number of halogens is 2. The number of aromatic nitrogens is 3. The third kappa shape index (κ3) is 1.63. The Hall–Kier alpha value is -1.36. The lowest BCUT2D eigenvalue weighted by atomic mass is 10.2. The maximum Gasteiger partial charge on any atom is 0.183 e. The Kier molecular flexibility index (Phi) is 2.49. The fraction of sp³-hybridized carbons (Fsp3) is 0. The predicted octanol–water partition coefficient (Wildman–Crippen LogP) is 2.44. The zero-order valence-corrected chi connectivity index (χ0v) is 8.57. The normalized spacial score (nSPS) is 10.1. The second kappa shape index (κ2) is 3.79.